The summed E-state index contributed by atoms with van der Waals surface area (Å²) < 4.78 is 0.732. The topological polar surface area (TPSA) is 80.4 Å². The molecule has 1 aromatic carbocycles. The normalized spacial score (nSPS) is 9.86. The Kier molecular flexibility index (Phi) is 3.59. The second kappa shape index (κ2) is 4.52. The summed E-state index contributed by atoms with van der Waals surface area (Å²) in [5.74, 6) is -1.01. The molecule has 4 nitrogen and oxygen atoms in total. The Balaban J connectivity index is 3.20. The van der Waals surface area contributed by atoms with Crippen molar-refractivity contribution in [2.45, 2.75) is 0 Å². The lowest BCUT2D eigenvalue weighted by Crippen LogP contribution is -2.13. The Labute approximate surface area is 94.2 Å². The fraction of sp³-hybridized carbons (Fsp3) is 0.111. The van der Waals surface area contributed by atoms with Gasteiger partial charge in [0, 0.05) is 14.7 Å². The van der Waals surface area contributed by atoms with Crippen molar-refractivity contribution in [3.63, 3.8) is 0 Å². The molecule has 0 heterocycles. The summed E-state index contributed by atoms with van der Waals surface area (Å²) in [6.07, 6.45) is 0. The van der Waals surface area contributed by atoms with Gasteiger partial charge in [0.15, 0.2) is 5.78 Å². The fourth-order valence-corrected chi connectivity index (χ4v) is 1.66. The minimum absolute atomic E-state index is 0.272. The maximum atomic E-state index is 11.1. The highest BCUT2D eigenvalue weighted by Crippen LogP contribution is 2.12. The Morgan fingerprint density at radius 3 is 2.36 bits per heavy atom. The summed E-state index contributed by atoms with van der Waals surface area (Å²) in [6, 6.07) is 4.55. The van der Waals surface area contributed by atoms with E-state index in [1.165, 1.54) is 6.07 Å². The molecule has 5 heteroatoms. The second-order valence-electron chi connectivity index (χ2n) is 2.67. The van der Waals surface area contributed by atoms with E-state index in [9.17, 15) is 9.59 Å². The van der Waals surface area contributed by atoms with Gasteiger partial charge in [-0.3, -0.25) is 9.59 Å². The van der Waals surface area contributed by atoms with Crippen LogP contribution in [0.5, 0.6) is 0 Å². The molecule has 0 spiro atoms. The summed E-state index contributed by atoms with van der Waals surface area (Å²) in [6.45, 7) is -0.571. The molecule has 0 unspecified atom stereocenters. The molecular formula is C9H8INO3. The van der Waals surface area contributed by atoms with Crippen molar-refractivity contribution in [2.24, 2.45) is 5.73 Å². The number of Topliss-reactive ketones (excluding diaryl/α,β-unsaturated/α-hetero) is 1. The molecule has 14 heavy (non-hydrogen) atoms. The van der Waals surface area contributed by atoms with Crippen LogP contribution < -0.4 is 5.73 Å². The van der Waals surface area contributed by atoms with Gasteiger partial charge in [-0.05, 0) is 40.8 Å². The van der Waals surface area contributed by atoms with Crippen molar-refractivity contribution in [2.75, 3.05) is 6.61 Å². The van der Waals surface area contributed by atoms with Crippen molar-refractivity contribution >= 4 is 34.3 Å². The van der Waals surface area contributed by atoms with Crippen LogP contribution in [0, 0.1) is 3.57 Å². The number of hydrogen-bond acceptors (Lipinski definition) is 3. The van der Waals surface area contributed by atoms with E-state index in [0.717, 1.165) is 3.57 Å². The van der Waals surface area contributed by atoms with Gasteiger partial charge in [-0.15, -0.1) is 0 Å². The standard InChI is InChI=1S/C9H8INO3/c10-7-2-5(8(13)4-12)1-6(3-7)9(11)14/h1-3,12H,4H2,(H2,11,14). The van der Waals surface area contributed by atoms with Crippen LogP contribution in [0.1, 0.15) is 20.7 Å². The van der Waals surface area contributed by atoms with Gasteiger partial charge < -0.3 is 10.8 Å². The third kappa shape index (κ3) is 2.52. The van der Waals surface area contributed by atoms with Crippen molar-refractivity contribution in [3.8, 4) is 0 Å². The molecule has 1 aromatic rings. The van der Waals surface area contributed by atoms with Crippen molar-refractivity contribution in [1.82, 2.24) is 0 Å². The van der Waals surface area contributed by atoms with E-state index in [0.29, 0.717) is 5.56 Å². The van der Waals surface area contributed by atoms with E-state index in [1.807, 2.05) is 22.6 Å². The van der Waals surface area contributed by atoms with Crippen LogP contribution in [0.3, 0.4) is 0 Å². The third-order valence-corrected chi connectivity index (χ3v) is 2.27. The zero-order valence-corrected chi connectivity index (χ0v) is 9.32. The van der Waals surface area contributed by atoms with Gasteiger partial charge in [0.25, 0.3) is 0 Å². The van der Waals surface area contributed by atoms with Crippen molar-refractivity contribution in [3.05, 3.63) is 32.9 Å². The summed E-state index contributed by atoms with van der Waals surface area (Å²) in [5.41, 5.74) is 5.65. The predicted octanol–water partition coefficient (Wildman–Crippen LogP) is 0.565. The Morgan fingerprint density at radius 1 is 1.29 bits per heavy atom. The lowest BCUT2D eigenvalue weighted by Gasteiger charge is -2.01. The predicted molar refractivity (Wildman–Crippen MR) is 59.1 cm³/mol. The molecule has 0 aliphatic carbocycles. The van der Waals surface area contributed by atoms with Crippen LogP contribution in [-0.4, -0.2) is 23.4 Å². The minimum Gasteiger partial charge on any atom is -0.388 e. The highest BCUT2D eigenvalue weighted by molar-refractivity contribution is 14.1. The number of carbonyl (C=O) groups is 2. The first-order chi connectivity index (χ1) is 6.54. The third-order valence-electron chi connectivity index (χ3n) is 1.65. The van der Waals surface area contributed by atoms with E-state index in [-0.39, 0.29) is 5.56 Å². The number of primary amides is 1. The molecule has 74 valence electrons. The van der Waals surface area contributed by atoms with Crippen LogP contribution in [0.4, 0.5) is 0 Å². The zero-order chi connectivity index (χ0) is 10.7. The Morgan fingerprint density at radius 2 is 1.86 bits per heavy atom. The number of rotatable bonds is 3. The maximum Gasteiger partial charge on any atom is 0.248 e. The summed E-state index contributed by atoms with van der Waals surface area (Å²) in [5, 5.41) is 8.64. The van der Waals surface area contributed by atoms with E-state index in [1.54, 1.807) is 12.1 Å². The van der Waals surface area contributed by atoms with Gasteiger partial charge in [-0.2, -0.15) is 0 Å². The number of carbonyl (C=O) groups excluding carboxylic acids is 2. The van der Waals surface area contributed by atoms with Gasteiger partial charge >= 0.3 is 0 Å². The van der Waals surface area contributed by atoms with Crippen molar-refractivity contribution < 1.29 is 14.7 Å². The van der Waals surface area contributed by atoms with Crippen LogP contribution >= 0.6 is 22.6 Å². The number of benzene rings is 1. The average Bonchev–Trinajstić information content (AvgIpc) is 2.15. The first-order valence-electron chi connectivity index (χ1n) is 3.79. The van der Waals surface area contributed by atoms with Crippen LogP contribution in [0.15, 0.2) is 18.2 Å². The molecule has 1 rings (SSSR count). The van der Waals surface area contributed by atoms with Gasteiger partial charge in [0.2, 0.25) is 5.91 Å². The van der Waals surface area contributed by atoms with E-state index in [2.05, 4.69) is 0 Å². The number of amides is 1. The van der Waals surface area contributed by atoms with Crippen LogP contribution in [0.2, 0.25) is 0 Å². The van der Waals surface area contributed by atoms with Crippen LogP contribution in [-0.2, 0) is 0 Å². The quantitative estimate of drug-likeness (QED) is 0.633. The fourth-order valence-electron chi connectivity index (χ4n) is 0.984. The molecule has 0 aliphatic heterocycles. The lowest BCUT2D eigenvalue weighted by atomic mass is 10.1. The Bertz CT molecular complexity index is 390. The minimum atomic E-state index is -0.587. The molecule has 0 fully saturated rings. The molecule has 0 radical (unpaired) electrons. The smallest absolute Gasteiger partial charge is 0.248 e. The molecule has 1 amide bonds. The molecule has 0 atom stereocenters. The Hall–Kier alpha value is -0.950. The molecular weight excluding hydrogens is 297 g/mol. The number of ketones is 1. The monoisotopic (exact) mass is 305 g/mol. The second-order valence-corrected chi connectivity index (χ2v) is 3.92. The van der Waals surface area contributed by atoms with Gasteiger partial charge in [-0.25, -0.2) is 0 Å². The number of aliphatic hydroxyl groups excluding tert-OH is 1. The number of halogens is 1. The highest BCUT2D eigenvalue weighted by Gasteiger charge is 2.09. The summed E-state index contributed by atoms with van der Waals surface area (Å²) in [4.78, 5) is 22.0. The summed E-state index contributed by atoms with van der Waals surface area (Å²) in [7, 11) is 0. The van der Waals surface area contributed by atoms with Gasteiger partial charge in [0.05, 0.1) is 0 Å². The largest absolute Gasteiger partial charge is 0.388 e. The molecule has 0 aliphatic rings. The summed E-state index contributed by atoms with van der Waals surface area (Å²) >= 11 is 1.97. The SMILES string of the molecule is NC(=O)c1cc(I)cc(C(=O)CO)c1. The average molecular weight is 305 g/mol. The van der Waals surface area contributed by atoms with E-state index < -0.39 is 18.3 Å². The zero-order valence-electron chi connectivity index (χ0n) is 7.16. The van der Waals surface area contributed by atoms with Gasteiger partial charge in [-0.1, -0.05) is 0 Å². The van der Waals surface area contributed by atoms with Crippen molar-refractivity contribution in [1.29, 1.82) is 0 Å². The van der Waals surface area contributed by atoms with Gasteiger partial charge in [0.1, 0.15) is 6.61 Å². The lowest BCUT2D eigenvalue weighted by molar-refractivity contribution is 0.0903. The number of nitrogens with two attached hydrogens (primary N) is 1. The highest BCUT2D eigenvalue weighted by atomic mass is 127. The number of hydrogen-bond donors (Lipinski definition) is 2. The first kappa shape index (κ1) is 11.1. The molecule has 0 saturated carbocycles. The first-order valence-corrected chi connectivity index (χ1v) is 4.87. The molecule has 0 bridgehead atoms. The molecule has 0 aromatic heterocycles. The van der Waals surface area contributed by atoms with E-state index >= 15 is 0 Å². The molecule has 0 saturated heterocycles. The molecule has 3 N–H and O–H groups in total. The van der Waals surface area contributed by atoms with E-state index in [4.69, 9.17) is 10.8 Å². The van der Waals surface area contributed by atoms with Crippen LogP contribution in [0.25, 0.3) is 0 Å². The number of aliphatic hydroxyl groups is 1. The maximum absolute atomic E-state index is 11.1.